The largest absolute Gasteiger partial charge is 0.497 e. The minimum absolute atomic E-state index is 0.0514. The van der Waals surface area contributed by atoms with Gasteiger partial charge < -0.3 is 19.4 Å². The Balaban J connectivity index is 1.53. The van der Waals surface area contributed by atoms with Gasteiger partial charge in [0, 0.05) is 34.4 Å². The molecule has 1 unspecified atom stereocenters. The van der Waals surface area contributed by atoms with E-state index in [9.17, 15) is 0 Å². The molecule has 0 saturated heterocycles. The molecular formula is C36H34N2O2. The molecule has 0 radical (unpaired) electrons. The lowest BCUT2D eigenvalue weighted by Gasteiger charge is -2.39. The van der Waals surface area contributed by atoms with Gasteiger partial charge in [0.25, 0.3) is 0 Å². The summed E-state index contributed by atoms with van der Waals surface area (Å²) in [5, 5.41) is 1.21. The molecule has 0 aliphatic carbocycles. The molecule has 0 fully saturated rings. The molecule has 0 amide bonds. The highest BCUT2D eigenvalue weighted by Crippen LogP contribution is 2.51. The molecule has 3 heterocycles. The summed E-state index contributed by atoms with van der Waals surface area (Å²) in [5.74, 6) is 1.73. The molecule has 5 aromatic rings. The van der Waals surface area contributed by atoms with Gasteiger partial charge >= 0.3 is 0 Å². The Bertz CT molecular complexity index is 1790. The van der Waals surface area contributed by atoms with E-state index in [0.29, 0.717) is 0 Å². The number of ether oxygens (including phenoxy) is 2. The van der Waals surface area contributed by atoms with Crippen molar-refractivity contribution in [1.82, 2.24) is 4.98 Å². The fourth-order valence-corrected chi connectivity index (χ4v) is 6.34. The Hall–Kier alpha value is -4.44. The zero-order chi connectivity index (χ0) is 27.6. The van der Waals surface area contributed by atoms with Crippen LogP contribution in [0.2, 0.25) is 0 Å². The molecule has 0 spiro atoms. The Morgan fingerprint density at radius 1 is 0.825 bits per heavy atom. The van der Waals surface area contributed by atoms with Gasteiger partial charge in [0.1, 0.15) is 17.5 Å². The molecule has 4 aromatic carbocycles. The molecule has 4 heteroatoms. The van der Waals surface area contributed by atoms with E-state index < -0.39 is 0 Å². The maximum Gasteiger partial charge on any atom is 0.119 e. The van der Waals surface area contributed by atoms with Crippen LogP contribution in [0.5, 0.6) is 11.5 Å². The Morgan fingerprint density at radius 3 is 2.30 bits per heavy atom. The molecule has 40 heavy (non-hydrogen) atoms. The van der Waals surface area contributed by atoms with Crippen molar-refractivity contribution in [3.05, 3.63) is 124 Å². The summed E-state index contributed by atoms with van der Waals surface area (Å²) in [5.41, 5.74) is 12.4. The number of hydrogen-bond donors (Lipinski definition) is 1. The molecule has 2 aliphatic heterocycles. The Kier molecular flexibility index (Phi) is 5.57. The topological polar surface area (TPSA) is 37.5 Å². The number of methoxy groups -OCH3 is 2. The molecule has 1 atom stereocenters. The maximum atomic E-state index is 5.73. The van der Waals surface area contributed by atoms with Crippen molar-refractivity contribution < 1.29 is 9.47 Å². The third-order valence-corrected chi connectivity index (χ3v) is 8.48. The van der Waals surface area contributed by atoms with E-state index in [-0.39, 0.29) is 11.5 Å². The van der Waals surface area contributed by atoms with Gasteiger partial charge in [-0.15, -0.1) is 0 Å². The predicted octanol–water partition coefficient (Wildman–Crippen LogP) is 8.49. The van der Waals surface area contributed by atoms with E-state index in [4.69, 9.17) is 9.47 Å². The maximum absolute atomic E-state index is 5.73. The van der Waals surface area contributed by atoms with Crippen LogP contribution in [-0.4, -0.2) is 19.2 Å². The van der Waals surface area contributed by atoms with Crippen LogP contribution in [0.15, 0.2) is 84.9 Å². The number of hydrogen-bond acceptors (Lipinski definition) is 3. The first kappa shape index (κ1) is 24.6. The molecule has 2 aliphatic rings. The van der Waals surface area contributed by atoms with Crippen LogP contribution in [0.25, 0.3) is 22.7 Å². The monoisotopic (exact) mass is 526 g/mol. The van der Waals surface area contributed by atoms with Gasteiger partial charge in [0.15, 0.2) is 0 Å². The fourth-order valence-electron chi connectivity index (χ4n) is 6.34. The number of aromatic amines is 1. The van der Waals surface area contributed by atoms with Crippen molar-refractivity contribution in [2.75, 3.05) is 19.1 Å². The molecule has 1 aromatic heterocycles. The van der Waals surface area contributed by atoms with Crippen LogP contribution in [0.4, 0.5) is 5.69 Å². The van der Waals surface area contributed by atoms with Gasteiger partial charge in [-0.3, -0.25) is 0 Å². The second-order valence-electron chi connectivity index (χ2n) is 11.9. The lowest BCUT2D eigenvalue weighted by atomic mass is 9.85. The third-order valence-electron chi connectivity index (χ3n) is 8.48. The normalized spacial score (nSPS) is 15.9. The second-order valence-corrected chi connectivity index (χ2v) is 11.9. The number of rotatable bonds is 3. The number of benzene rings is 4. The van der Waals surface area contributed by atoms with Crippen molar-refractivity contribution in [3.8, 4) is 11.5 Å². The van der Waals surface area contributed by atoms with Gasteiger partial charge in [-0.25, -0.2) is 0 Å². The van der Waals surface area contributed by atoms with E-state index in [1.807, 2.05) is 6.07 Å². The standard InChI is InChI=1S/C36H34N2O2/c1-36(2,3)25-13-10-22(11-14-25)33-19-23-12-15-26(39-4)20-28(23)35-34-30(18-24-8-6-7-9-32(24)38(33)35)29-21-27(40-5)16-17-31(29)37-34/h6-17,19-21,35,37H,18H2,1-5H3. The van der Waals surface area contributed by atoms with Gasteiger partial charge in [-0.05, 0) is 81.3 Å². The summed E-state index contributed by atoms with van der Waals surface area (Å²) in [6.07, 6.45) is 3.17. The molecular weight excluding hydrogens is 492 g/mol. The first-order valence-corrected chi connectivity index (χ1v) is 13.9. The Morgan fingerprint density at radius 2 is 1.55 bits per heavy atom. The number of para-hydroxylation sites is 1. The fraction of sp³-hybridized carbons (Fsp3) is 0.222. The summed E-state index contributed by atoms with van der Waals surface area (Å²) in [6, 6.07) is 30.7. The molecule has 200 valence electrons. The quantitative estimate of drug-likeness (QED) is 0.256. The van der Waals surface area contributed by atoms with Gasteiger partial charge in [0.2, 0.25) is 0 Å². The van der Waals surface area contributed by atoms with Gasteiger partial charge in [-0.1, -0.05) is 69.3 Å². The van der Waals surface area contributed by atoms with Crippen molar-refractivity contribution in [3.63, 3.8) is 0 Å². The minimum Gasteiger partial charge on any atom is -0.497 e. The number of nitrogens with one attached hydrogen (secondary N) is 1. The SMILES string of the molecule is COc1ccc2c(c1)C1c3[nH]c4ccc(OC)cc4c3Cc3ccccc3N1C(c1ccc(C(C)(C)C)cc1)=C2. The first-order chi connectivity index (χ1) is 19.4. The summed E-state index contributed by atoms with van der Waals surface area (Å²) < 4.78 is 11.4. The predicted molar refractivity (Wildman–Crippen MR) is 164 cm³/mol. The lowest BCUT2D eigenvalue weighted by molar-refractivity contribution is 0.414. The summed E-state index contributed by atoms with van der Waals surface area (Å²) in [7, 11) is 3.47. The van der Waals surface area contributed by atoms with Crippen molar-refractivity contribution in [1.29, 1.82) is 0 Å². The average molecular weight is 527 g/mol. The smallest absolute Gasteiger partial charge is 0.119 e. The van der Waals surface area contributed by atoms with Crippen molar-refractivity contribution >= 4 is 28.4 Å². The van der Waals surface area contributed by atoms with E-state index in [1.165, 1.54) is 55.8 Å². The highest BCUT2D eigenvalue weighted by Gasteiger charge is 2.38. The lowest BCUT2D eigenvalue weighted by Crippen LogP contribution is -2.31. The van der Waals surface area contributed by atoms with Crippen LogP contribution < -0.4 is 14.4 Å². The summed E-state index contributed by atoms with van der Waals surface area (Å²) >= 11 is 0. The van der Waals surface area contributed by atoms with Crippen molar-refractivity contribution in [2.24, 2.45) is 0 Å². The van der Waals surface area contributed by atoms with Crippen LogP contribution >= 0.6 is 0 Å². The zero-order valence-electron chi connectivity index (χ0n) is 23.7. The van der Waals surface area contributed by atoms with E-state index in [0.717, 1.165) is 23.4 Å². The highest BCUT2D eigenvalue weighted by molar-refractivity contribution is 5.97. The number of aromatic nitrogens is 1. The molecule has 7 rings (SSSR count). The van der Waals surface area contributed by atoms with Crippen LogP contribution in [0.3, 0.4) is 0 Å². The average Bonchev–Trinajstić information content (AvgIpc) is 3.25. The van der Waals surface area contributed by atoms with Crippen molar-refractivity contribution in [2.45, 2.75) is 38.6 Å². The zero-order valence-corrected chi connectivity index (χ0v) is 23.7. The summed E-state index contributed by atoms with van der Waals surface area (Å²) in [6.45, 7) is 6.79. The van der Waals surface area contributed by atoms with Gasteiger partial charge in [-0.2, -0.15) is 0 Å². The van der Waals surface area contributed by atoms with Gasteiger partial charge in [0.05, 0.1) is 14.2 Å². The highest BCUT2D eigenvalue weighted by atomic mass is 16.5. The van der Waals surface area contributed by atoms with Crippen LogP contribution in [0.1, 0.15) is 65.9 Å². The first-order valence-electron chi connectivity index (χ1n) is 13.9. The number of fused-ring (bicyclic) bond motifs is 9. The van der Waals surface area contributed by atoms with Crippen LogP contribution in [0, 0.1) is 0 Å². The van der Waals surface area contributed by atoms with E-state index in [2.05, 4.69) is 116 Å². The molecule has 4 nitrogen and oxygen atoms in total. The number of H-pyrrole nitrogens is 1. The molecule has 0 saturated carbocycles. The minimum atomic E-state index is -0.0514. The van der Waals surface area contributed by atoms with E-state index >= 15 is 0 Å². The second kappa shape index (κ2) is 9.06. The molecule has 1 N–H and O–H groups in total. The molecule has 0 bridgehead atoms. The summed E-state index contributed by atoms with van der Waals surface area (Å²) in [4.78, 5) is 6.38. The van der Waals surface area contributed by atoms with Crippen LogP contribution in [-0.2, 0) is 11.8 Å². The third kappa shape index (κ3) is 3.82. The number of nitrogens with zero attached hydrogens (tertiary/aromatic N) is 1. The van der Waals surface area contributed by atoms with E-state index in [1.54, 1.807) is 14.2 Å². The Labute approximate surface area is 235 Å². The number of anilines is 1.